The van der Waals surface area contributed by atoms with Crippen LogP contribution in [0.5, 0.6) is 5.88 Å². The molecule has 0 spiro atoms. The zero-order chi connectivity index (χ0) is 12.8. The molecule has 0 atom stereocenters. The van der Waals surface area contributed by atoms with E-state index in [1.165, 1.54) is 19.2 Å². The largest absolute Gasteiger partial charge is 0.480 e. The van der Waals surface area contributed by atoms with Gasteiger partial charge in [0.25, 0.3) is 5.56 Å². The maximum atomic E-state index is 11.5. The molecule has 6 heteroatoms. The van der Waals surface area contributed by atoms with Gasteiger partial charge in [0.2, 0.25) is 5.88 Å². The van der Waals surface area contributed by atoms with Crippen LogP contribution in [0.15, 0.2) is 29.1 Å². The highest BCUT2D eigenvalue weighted by Gasteiger charge is 2.10. The molecule has 0 N–H and O–H groups in total. The molecular weight excluding hydrogens is 224 g/mol. The van der Waals surface area contributed by atoms with Gasteiger partial charge in [-0.15, -0.1) is 5.10 Å². The van der Waals surface area contributed by atoms with Crippen molar-refractivity contribution >= 4 is 5.97 Å². The molecule has 1 aromatic rings. The maximum absolute atomic E-state index is 11.5. The molecule has 0 bridgehead atoms. The average Bonchev–Trinajstić information content (AvgIpc) is 2.32. The number of ether oxygens (including phenoxy) is 2. The highest BCUT2D eigenvalue weighted by atomic mass is 16.5. The quantitative estimate of drug-likeness (QED) is 0.547. The third kappa shape index (κ3) is 3.44. The van der Waals surface area contributed by atoms with Gasteiger partial charge in [0.15, 0.2) is 0 Å². The second-order valence-corrected chi connectivity index (χ2v) is 3.20. The van der Waals surface area contributed by atoms with E-state index in [0.717, 1.165) is 4.68 Å². The molecule has 0 aliphatic carbocycles. The van der Waals surface area contributed by atoms with E-state index in [1.54, 1.807) is 6.92 Å². The van der Waals surface area contributed by atoms with Crippen molar-refractivity contribution < 1.29 is 14.3 Å². The third-order valence-electron chi connectivity index (χ3n) is 1.96. The SMILES string of the molecule is C=C(Cn1nc(OC)ccc1=O)C(=O)OCC. The number of nitrogens with zero attached hydrogens (tertiary/aromatic N) is 2. The number of hydrogen-bond donors (Lipinski definition) is 0. The summed E-state index contributed by atoms with van der Waals surface area (Å²) >= 11 is 0. The fourth-order valence-electron chi connectivity index (χ4n) is 1.13. The fourth-order valence-corrected chi connectivity index (χ4v) is 1.13. The van der Waals surface area contributed by atoms with Crippen LogP contribution in [0.2, 0.25) is 0 Å². The van der Waals surface area contributed by atoms with Crippen LogP contribution in [0, 0.1) is 0 Å². The Hall–Kier alpha value is -2.11. The zero-order valence-electron chi connectivity index (χ0n) is 9.80. The minimum atomic E-state index is -0.538. The number of esters is 1. The van der Waals surface area contributed by atoms with Crippen molar-refractivity contribution in [1.82, 2.24) is 9.78 Å². The molecular formula is C11H14N2O4. The van der Waals surface area contributed by atoms with E-state index in [0.29, 0.717) is 5.88 Å². The smallest absolute Gasteiger partial charge is 0.335 e. The molecule has 1 aromatic heterocycles. The van der Waals surface area contributed by atoms with Gasteiger partial charge >= 0.3 is 5.97 Å². The van der Waals surface area contributed by atoms with Crippen LogP contribution < -0.4 is 10.3 Å². The molecule has 0 aromatic carbocycles. The summed E-state index contributed by atoms with van der Waals surface area (Å²) in [6.45, 7) is 5.49. The lowest BCUT2D eigenvalue weighted by Gasteiger charge is -2.07. The summed E-state index contributed by atoms with van der Waals surface area (Å²) in [4.78, 5) is 22.8. The summed E-state index contributed by atoms with van der Waals surface area (Å²) < 4.78 is 10.7. The van der Waals surface area contributed by atoms with Gasteiger partial charge in [-0.05, 0) is 6.92 Å². The number of aromatic nitrogens is 2. The van der Waals surface area contributed by atoms with E-state index in [2.05, 4.69) is 11.7 Å². The van der Waals surface area contributed by atoms with Gasteiger partial charge in [0.1, 0.15) is 0 Å². The fraction of sp³-hybridized carbons (Fsp3) is 0.364. The Labute approximate surface area is 98.5 Å². The lowest BCUT2D eigenvalue weighted by Crippen LogP contribution is -2.25. The monoisotopic (exact) mass is 238 g/mol. The van der Waals surface area contributed by atoms with Crippen LogP contribution in [0.1, 0.15) is 6.92 Å². The van der Waals surface area contributed by atoms with Crippen molar-refractivity contribution in [2.45, 2.75) is 13.5 Å². The Kier molecular flexibility index (Phi) is 4.45. The van der Waals surface area contributed by atoms with E-state index in [1.807, 2.05) is 0 Å². The minimum Gasteiger partial charge on any atom is -0.480 e. The van der Waals surface area contributed by atoms with Crippen molar-refractivity contribution in [2.24, 2.45) is 0 Å². The van der Waals surface area contributed by atoms with Crippen molar-refractivity contribution in [3.63, 3.8) is 0 Å². The summed E-state index contributed by atoms with van der Waals surface area (Å²) in [7, 11) is 1.44. The lowest BCUT2D eigenvalue weighted by molar-refractivity contribution is -0.138. The first-order valence-electron chi connectivity index (χ1n) is 5.05. The summed E-state index contributed by atoms with van der Waals surface area (Å²) in [5.41, 5.74) is -0.175. The predicted octanol–water partition coefficient (Wildman–Crippen LogP) is 0.371. The molecule has 0 fully saturated rings. The molecule has 0 radical (unpaired) electrons. The van der Waals surface area contributed by atoms with Crippen LogP contribution in [0.4, 0.5) is 0 Å². The second kappa shape index (κ2) is 5.83. The molecule has 0 unspecified atom stereocenters. The number of carbonyl (C=O) groups is 1. The molecule has 17 heavy (non-hydrogen) atoms. The summed E-state index contributed by atoms with van der Waals surface area (Å²) in [6, 6.07) is 2.76. The molecule has 0 aliphatic rings. The van der Waals surface area contributed by atoms with Gasteiger partial charge in [-0.2, -0.15) is 0 Å². The van der Waals surface area contributed by atoms with Gasteiger partial charge in [0, 0.05) is 12.1 Å². The van der Waals surface area contributed by atoms with Crippen LogP contribution in [-0.4, -0.2) is 29.5 Å². The van der Waals surface area contributed by atoms with E-state index in [-0.39, 0.29) is 24.3 Å². The number of methoxy groups -OCH3 is 1. The Morgan fingerprint density at radius 1 is 1.53 bits per heavy atom. The zero-order valence-corrected chi connectivity index (χ0v) is 9.80. The summed E-state index contributed by atoms with van der Waals surface area (Å²) in [5.74, 6) is -0.245. The van der Waals surface area contributed by atoms with E-state index < -0.39 is 5.97 Å². The lowest BCUT2D eigenvalue weighted by atomic mass is 10.3. The van der Waals surface area contributed by atoms with Crippen molar-refractivity contribution in [1.29, 1.82) is 0 Å². The number of hydrogen-bond acceptors (Lipinski definition) is 5. The molecule has 0 aliphatic heterocycles. The first-order chi connectivity index (χ1) is 8.08. The predicted molar refractivity (Wildman–Crippen MR) is 60.8 cm³/mol. The second-order valence-electron chi connectivity index (χ2n) is 3.20. The Balaban J connectivity index is 2.84. The normalized spacial score (nSPS) is 9.76. The molecule has 1 rings (SSSR count). The van der Waals surface area contributed by atoms with Crippen LogP contribution in [-0.2, 0) is 16.1 Å². The first kappa shape index (κ1) is 13.0. The van der Waals surface area contributed by atoms with Crippen molar-refractivity contribution in [2.75, 3.05) is 13.7 Å². The molecule has 6 nitrogen and oxygen atoms in total. The Bertz CT molecular complexity index is 479. The minimum absolute atomic E-state index is 0.0190. The average molecular weight is 238 g/mol. The van der Waals surface area contributed by atoms with Gasteiger partial charge in [-0.3, -0.25) is 4.79 Å². The maximum Gasteiger partial charge on any atom is 0.335 e. The third-order valence-corrected chi connectivity index (χ3v) is 1.96. The Morgan fingerprint density at radius 3 is 2.82 bits per heavy atom. The number of carbonyl (C=O) groups excluding carboxylic acids is 1. The topological polar surface area (TPSA) is 70.4 Å². The summed E-state index contributed by atoms with van der Waals surface area (Å²) in [6.07, 6.45) is 0. The van der Waals surface area contributed by atoms with E-state index in [4.69, 9.17) is 9.47 Å². The van der Waals surface area contributed by atoms with Crippen LogP contribution in [0.3, 0.4) is 0 Å². The molecule has 0 saturated carbocycles. The van der Waals surface area contributed by atoms with Crippen LogP contribution in [0.25, 0.3) is 0 Å². The highest BCUT2D eigenvalue weighted by Crippen LogP contribution is 2.02. The van der Waals surface area contributed by atoms with Gasteiger partial charge in [-0.25, -0.2) is 9.48 Å². The van der Waals surface area contributed by atoms with Gasteiger partial charge in [-0.1, -0.05) is 6.58 Å². The van der Waals surface area contributed by atoms with Crippen molar-refractivity contribution in [3.05, 3.63) is 34.6 Å². The highest BCUT2D eigenvalue weighted by molar-refractivity contribution is 5.87. The standard InChI is InChI=1S/C11H14N2O4/c1-4-17-11(15)8(2)7-13-10(14)6-5-9(12-13)16-3/h5-6H,2,4,7H2,1,3H3. The van der Waals surface area contributed by atoms with Gasteiger partial charge < -0.3 is 9.47 Å². The Morgan fingerprint density at radius 2 is 2.24 bits per heavy atom. The van der Waals surface area contributed by atoms with Crippen LogP contribution >= 0.6 is 0 Å². The van der Waals surface area contributed by atoms with E-state index >= 15 is 0 Å². The van der Waals surface area contributed by atoms with Crippen molar-refractivity contribution in [3.8, 4) is 5.88 Å². The summed E-state index contributed by atoms with van der Waals surface area (Å²) in [5, 5.41) is 3.89. The number of rotatable bonds is 5. The van der Waals surface area contributed by atoms with Gasteiger partial charge in [0.05, 0.1) is 25.8 Å². The molecule has 0 saturated heterocycles. The van der Waals surface area contributed by atoms with E-state index in [9.17, 15) is 9.59 Å². The first-order valence-corrected chi connectivity index (χ1v) is 5.05. The molecule has 0 amide bonds. The molecule has 1 heterocycles. The molecule has 92 valence electrons.